The number of likely N-dealkylation sites (N-methyl/N-ethyl adjacent to an activating group) is 1. The van der Waals surface area contributed by atoms with Crippen LogP contribution in [0, 0.1) is 6.92 Å². The van der Waals surface area contributed by atoms with Crippen molar-refractivity contribution in [2.24, 2.45) is 0 Å². The van der Waals surface area contributed by atoms with Crippen LogP contribution in [0.5, 0.6) is 0 Å². The van der Waals surface area contributed by atoms with E-state index in [0.717, 1.165) is 65.4 Å². The van der Waals surface area contributed by atoms with E-state index in [9.17, 15) is 8.42 Å². The van der Waals surface area contributed by atoms with Crippen LogP contribution in [0.1, 0.15) is 16.8 Å². The molecule has 2 aliphatic rings. The summed E-state index contributed by atoms with van der Waals surface area (Å²) in [5.74, 6) is 1.40. The maximum Gasteiger partial charge on any atom is 0.227 e. The summed E-state index contributed by atoms with van der Waals surface area (Å²) >= 11 is 0. The minimum absolute atomic E-state index is 0.388. The molecule has 10 heteroatoms. The van der Waals surface area contributed by atoms with Crippen molar-refractivity contribution >= 4 is 38.4 Å². The fourth-order valence-corrected chi connectivity index (χ4v) is 5.00. The molecule has 1 aromatic carbocycles. The van der Waals surface area contributed by atoms with Gasteiger partial charge in [0, 0.05) is 62.2 Å². The number of rotatable bonds is 4. The number of hydrogen-bond acceptors (Lipinski definition) is 8. The van der Waals surface area contributed by atoms with Gasteiger partial charge in [0.15, 0.2) is 5.82 Å². The highest BCUT2D eigenvalue weighted by atomic mass is 32.2. The Labute approximate surface area is 188 Å². The number of pyridine rings is 1. The second-order valence-electron chi connectivity index (χ2n) is 8.65. The van der Waals surface area contributed by atoms with Crippen LogP contribution in [0.4, 0.5) is 17.5 Å². The third kappa shape index (κ3) is 4.13. The molecule has 2 aromatic heterocycles. The number of aryl methyl sites for hydroxylation is 1. The monoisotopic (exact) mass is 453 g/mol. The van der Waals surface area contributed by atoms with E-state index in [1.807, 2.05) is 37.4 Å². The molecule has 5 rings (SSSR count). The smallest absolute Gasteiger partial charge is 0.227 e. The summed E-state index contributed by atoms with van der Waals surface area (Å²) in [5.41, 5.74) is 4.64. The van der Waals surface area contributed by atoms with Gasteiger partial charge in [0.25, 0.3) is 0 Å². The lowest BCUT2D eigenvalue weighted by atomic mass is 10.1. The van der Waals surface area contributed by atoms with E-state index in [2.05, 4.69) is 27.1 Å². The van der Waals surface area contributed by atoms with Crippen molar-refractivity contribution in [1.29, 1.82) is 0 Å². The molecule has 168 valence electrons. The number of sulfonamides is 1. The maximum atomic E-state index is 11.9. The summed E-state index contributed by atoms with van der Waals surface area (Å²) in [4.78, 5) is 18.7. The highest BCUT2D eigenvalue weighted by molar-refractivity contribution is 7.88. The Morgan fingerprint density at radius 2 is 1.75 bits per heavy atom. The molecule has 0 unspecified atom stereocenters. The second kappa shape index (κ2) is 7.95. The fourth-order valence-electron chi connectivity index (χ4n) is 4.26. The summed E-state index contributed by atoms with van der Waals surface area (Å²) in [6.07, 6.45) is 3.08. The first kappa shape index (κ1) is 21.0. The van der Waals surface area contributed by atoms with E-state index in [1.165, 1.54) is 10.6 Å². The van der Waals surface area contributed by atoms with Crippen molar-refractivity contribution in [1.82, 2.24) is 24.2 Å². The molecule has 2 aliphatic heterocycles. The number of aromatic nitrogens is 3. The van der Waals surface area contributed by atoms with Gasteiger partial charge in [0.05, 0.1) is 6.26 Å². The van der Waals surface area contributed by atoms with E-state index in [-0.39, 0.29) is 0 Å². The molecule has 1 fully saturated rings. The molecule has 9 nitrogen and oxygen atoms in total. The van der Waals surface area contributed by atoms with Gasteiger partial charge in [-0.05, 0) is 43.3 Å². The van der Waals surface area contributed by atoms with E-state index in [4.69, 9.17) is 9.97 Å². The zero-order chi connectivity index (χ0) is 22.5. The van der Waals surface area contributed by atoms with Gasteiger partial charge in [-0.15, -0.1) is 0 Å². The SMILES string of the molecule is Cc1cc2cnc(Nc3ccc4c(c3)CN(S(C)(=O)=O)C4)nc2c(N2CCN(C)CC2)n1. The number of piperazine rings is 1. The molecule has 0 bridgehead atoms. The van der Waals surface area contributed by atoms with Crippen molar-refractivity contribution in [2.75, 3.05) is 49.7 Å². The van der Waals surface area contributed by atoms with Crippen LogP contribution < -0.4 is 10.2 Å². The second-order valence-corrected chi connectivity index (χ2v) is 10.6. The summed E-state index contributed by atoms with van der Waals surface area (Å²) in [6.45, 7) is 6.61. The number of nitrogens with zero attached hydrogens (tertiary/aromatic N) is 6. The molecular weight excluding hydrogens is 426 g/mol. The van der Waals surface area contributed by atoms with Crippen LogP contribution in [-0.2, 0) is 23.1 Å². The van der Waals surface area contributed by atoms with Gasteiger partial charge in [-0.25, -0.2) is 23.4 Å². The van der Waals surface area contributed by atoms with Gasteiger partial charge in [0.1, 0.15) is 5.52 Å². The number of fused-ring (bicyclic) bond motifs is 2. The Kier molecular flexibility index (Phi) is 5.23. The summed E-state index contributed by atoms with van der Waals surface area (Å²) in [7, 11) is -1.08. The van der Waals surface area contributed by atoms with Crippen LogP contribution in [0.2, 0.25) is 0 Å². The van der Waals surface area contributed by atoms with Gasteiger partial charge >= 0.3 is 0 Å². The Hall–Kier alpha value is -2.82. The van der Waals surface area contributed by atoms with Crippen molar-refractivity contribution in [3.05, 3.63) is 47.3 Å². The Morgan fingerprint density at radius 1 is 1.00 bits per heavy atom. The summed E-state index contributed by atoms with van der Waals surface area (Å²) < 4.78 is 25.2. The summed E-state index contributed by atoms with van der Waals surface area (Å²) in [5, 5.41) is 4.25. The van der Waals surface area contributed by atoms with Crippen molar-refractivity contribution in [2.45, 2.75) is 20.0 Å². The maximum absolute atomic E-state index is 11.9. The molecule has 1 saturated heterocycles. The molecular formula is C22H27N7O2S. The number of nitrogens with one attached hydrogen (secondary N) is 1. The number of benzene rings is 1. The van der Waals surface area contributed by atoms with E-state index >= 15 is 0 Å². The lowest BCUT2D eigenvalue weighted by Crippen LogP contribution is -2.45. The first-order valence-electron chi connectivity index (χ1n) is 10.7. The quantitative estimate of drug-likeness (QED) is 0.642. The van der Waals surface area contributed by atoms with Crippen LogP contribution >= 0.6 is 0 Å². The highest BCUT2D eigenvalue weighted by Gasteiger charge is 2.26. The first-order chi connectivity index (χ1) is 15.3. The molecule has 1 N–H and O–H groups in total. The molecule has 3 aromatic rings. The zero-order valence-electron chi connectivity index (χ0n) is 18.5. The van der Waals surface area contributed by atoms with Crippen molar-refractivity contribution < 1.29 is 8.42 Å². The van der Waals surface area contributed by atoms with E-state index < -0.39 is 10.0 Å². The molecule has 0 atom stereocenters. The van der Waals surface area contributed by atoms with Gasteiger partial charge in [-0.3, -0.25) is 0 Å². The predicted molar refractivity (Wildman–Crippen MR) is 126 cm³/mol. The van der Waals surface area contributed by atoms with Crippen molar-refractivity contribution in [3.63, 3.8) is 0 Å². The van der Waals surface area contributed by atoms with Crippen LogP contribution in [0.15, 0.2) is 30.5 Å². The Bertz CT molecular complexity index is 1290. The number of anilines is 3. The highest BCUT2D eigenvalue weighted by Crippen LogP contribution is 2.29. The molecule has 0 aliphatic carbocycles. The van der Waals surface area contributed by atoms with E-state index in [0.29, 0.717) is 19.0 Å². The molecule has 0 saturated carbocycles. The topological polar surface area (TPSA) is 94.6 Å². The molecule has 0 radical (unpaired) electrons. The fraction of sp³-hybridized carbons (Fsp3) is 0.409. The molecule has 0 amide bonds. The molecule has 32 heavy (non-hydrogen) atoms. The standard InChI is InChI=1S/C22H27N7O2S/c1-15-10-17-12-23-22(26-20(17)21(24-15)28-8-6-27(2)7-9-28)25-19-5-4-16-13-29(32(3,30)31)14-18(16)11-19/h4-5,10-12H,6-9,13-14H2,1-3H3,(H,23,25,26). The minimum atomic E-state index is -3.22. The predicted octanol–water partition coefficient (Wildman–Crippen LogP) is 2.10. The lowest BCUT2D eigenvalue weighted by molar-refractivity contribution is 0.312. The zero-order valence-corrected chi connectivity index (χ0v) is 19.4. The van der Waals surface area contributed by atoms with Crippen LogP contribution in [0.25, 0.3) is 10.9 Å². The van der Waals surface area contributed by atoms with Gasteiger partial charge in [-0.1, -0.05) is 6.07 Å². The van der Waals surface area contributed by atoms with Crippen LogP contribution in [0.3, 0.4) is 0 Å². The normalized spacial score (nSPS) is 17.7. The van der Waals surface area contributed by atoms with Gasteiger partial charge in [-0.2, -0.15) is 4.31 Å². The average Bonchev–Trinajstić information content (AvgIpc) is 3.18. The summed E-state index contributed by atoms with van der Waals surface area (Å²) in [6, 6.07) is 7.88. The Balaban J connectivity index is 1.44. The Morgan fingerprint density at radius 3 is 2.50 bits per heavy atom. The van der Waals surface area contributed by atoms with Gasteiger partial charge in [0.2, 0.25) is 16.0 Å². The van der Waals surface area contributed by atoms with Crippen LogP contribution in [-0.4, -0.2) is 72.1 Å². The average molecular weight is 454 g/mol. The number of hydrogen-bond donors (Lipinski definition) is 1. The first-order valence-corrected chi connectivity index (χ1v) is 12.5. The van der Waals surface area contributed by atoms with Crippen molar-refractivity contribution in [3.8, 4) is 0 Å². The third-order valence-corrected chi connectivity index (χ3v) is 7.30. The third-order valence-electron chi connectivity index (χ3n) is 6.10. The largest absolute Gasteiger partial charge is 0.352 e. The molecule has 0 spiro atoms. The minimum Gasteiger partial charge on any atom is -0.352 e. The molecule has 4 heterocycles. The lowest BCUT2D eigenvalue weighted by Gasteiger charge is -2.33. The van der Waals surface area contributed by atoms with Gasteiger partial charge < -0.3 is 15.1 Å². The van der Waals surface area contributed by atoms with E-state index in [1.54, 1.807) is 0 Å².